The Morgan fingerprint density at radius 2 is 2.21 bits per heavy atom. The van der Waals surface area contributed by atoms with E-state index in [2.05, 4.69) is 0 Å². The molecule has 72 valence electrons. The molecule has 0 N–H and O–H groups in total. The highest BCUT2D eigenvalue weighted by atomic mass is 35.5. The third kappa shape index (κ3) is 1.46. The lowest BCUT2D eigenvalue weighted by molar-refractivity contribution is 0.105. The predicted molar refractivity (Wildman–Crippen MR) is 52.9 cm³/mol. The van der Waals surface area contributed by atoms with Crippen LogP contribution >= 0.6 is 11.6 Å². The summed E-state index contributed by atoms with van der Waals surface area (Å²) in [6, 6.07) is 6.91. The van der Waals surface area contributed by atoms with Gasteiger partial charge in [-0.15, -0.1) is 0 Å². The molecule has 0 fully saturated rings. The minimum Gasteiger partial charge on any atom is -0.497 e. The van der Waals surface area contributed by atoms with Gasteiger partial charge in [0.25, 0.3) is 5.24 Å². The highest BCUT2D eigenvalue weighted by Gasteiger charge is 2.09. The van der Waals surface area contributed by atoms with E-state index < -0.39 is 5.24 Å². The SMILES string of the molecule is COc1ccc2cc(C(=O)Cl)oc2c1. The maximum Gasteiger partial charge on any atom is 0.287 e. The zero-order valence-corrected chi connectivity index (χ0v) is 8.17. The van der Waals surface area contributed by atoms with E-state index in [1.165, 1.54) is 0 Å². The van der Waals surface area contributed by atoms with Gasteiger partial charge in [0.05, 0.1) is 7.11 Å². The Kier molecular flexibility index (Phi) is 2.17. The summed E-state index contributed by atoms with van der Waals surface area (Å²) in [5.41, 5.74) is 0.591. The Hall–Kier alpha value is -1.48. The minimum absolute atomic E-state index is 0.148. The number of carbonyl (C=O) groups is 1. The second-order valence-corrected chi connectivity index (χ2v) is 3.13. The summed E-state index contributed by atoms with van der Waals surface area (Å²) in [4.78, 5) is 10.8. The number of furan rings is 1. The molecular formula is C10H7ClO3. The molecule has 0 spiro atoms. The number of hydrogen-bond acceptors (Lipinski definition) is 3. The fraction of sp³-hybridized carbons (Fsp3) is 0.100. The van der Waals surface area contributed by atoms with Crippen LogP contribution in [-0.4, -0.2) is 12.4 Å². The molecule has 1 aromatic carbocycles. The van der Waals surface area contributed by atoms with Crippen LogP contribution in [0.15, 0.2) is 28.7 Å². The molecule has 0 aliphatic rings. The Balaban J connectivity index is 2.60. The second kappa shape index (κ2) is 3.35. The first-order valence-corrected chi connectivity index (χ1v) is 4.36. The molecule has 0 unspecified atom stereocenters. The van der Waals surface area contributed by atoms with E-state index in [9.17, 15) is 4.79 Å². The first-order valence-electron chi connectivity index (χ1n) is 3.98. The summed E-state index contributed by atoms with van der Waals surface area (Å²) in [5, 5.41) is 0.231. The molecule has 0 aliphatic carbocycles. The number of fused-ring (bicyclic) bond motifs is 1. The Morgan fingerprint density at radius 3 is 2.86 bits per heavy atom. The molecule has 4 heteroatoms. The van der Waals surface area contributed by atoms with E-state index in [0.717, 1.165) is 5.39 Å². The third-order valence-electron chi connectivity index (χ3n) is 1.92. The molecule has 0 atom stereocenters. The monoisotopic (exact) mass is 210 g/mol. The zero-order valence-electron chi connectivity index (χ0n) is 7.41. The van der Waals surface area contributed by atoms with Crippen LogP contribution in [0, 0.1) is 0 Å². The van der Waals surface area contributed by atoms with Crippen LogP contribution in [0.25, 0.3) is 11.0 Å². The molecule has 1 heterocycles. The summed E-state index contributed by atoms with van der Waals surface area (Å²) in [6.45, 7) is 0. The number of ether oxygens (including phenoxy) is 1. The van der Waals surface area contributed by atoms with Crippen molar-refractivity contribution in [3.63, 3.8) is 0 Å². The van der Waals surface area contributed by atoms with Crippen molar-refractivity contribution in [2.75, 3.05) is 7.11 Å². The predicted octanol–water partition coefficient (Wildman–Crippen LogP) is 2.82. The molecule has 2 rings (SSSR count). The Labute approximate surface area is 85.2 Å². The normalized spacial score (nSPS) is 10.4. The van der Waals surface area contributed by atoms with E-state index in [1.54, 1.807) is 31.4 Å². The van der Waals surface area contributed by atoms with Crippen LogP contribution < -0.4 is 4.74 Å². The van der Waals surface area contributed by atoms with Crippen molar-refractivity contribution in [3.05, 3.63) is 30.0 Å². The Morgan fingerprint density at radius 1 is 1.43 bits per heavy atom. The fourth-order valence-electron chi connectivity index (χ4n) is 1.24. The maximum absolute atomic E-state index is 10.8. The average Bonchev–Trinajstić information content (AvgIpc) is 2.59. The summed E-state index contributed by atoms with van der Waals surface area (Å²) in [5.74, 6) is 0.829. The van der Waals surface area contributed by atoms with E-state index >= 15 is 0 Å². The van der Waals surface area contributed by atoms with Gasteiger partial charge in [0.15, 0.2) is 5.76 Å². The number of halogens is 1. The first kappa shape index (κ1) is 9.09. The topological polar surface area (TPSA) is 39.4 Å². The molecule has 3 nitrogen and oxygen atoms in total. The van der Waals surface area contributed by atoms with E-state index in [0.29, 0.717) is 11.3 Å². The van der Waals surface area contributed by atoms with Crippen molar-refractivity contribution in [1.29, 1.82) is 0 Å². The van der Waals surface area contributed by atoms with Gasteiger partial charge in [-0.25, -0.2) is 0 Å². The maximum atomic E-state index is 10.8. The third-order valence-corrected chi connectivity index (χ3v) is 2.11. The molecule has 0 bridgehead atoms. The van der Waals surface area contributed by atoms with Gasteiger partial charge in [-0.05, 0) is 29.8 Å². The van der Waals surface area contributed by atoms with E-state index in [-0.39, 0.29) is 5.76 Å². The smallest absolute Gasteiger partial charge is 0.287 e. The largest absolute Gasteiger partial charge is 0.497 e. The van der Waals surface area contributed by atoms with E-state index in [4.69, 9.17) is 20.8 Å². The quantitative estimate of drug-likeness (QED) is 0.716. The molecule has 0 aliphatic heterocycles. The van der Waals surface area contributed by atoms with Crippen molar-refractivity contribution in [2.24, 2.45) is 0 Å². The highest BCUT2D eigenvalue weighted by molar-refractivity contribution is 6.67. The second-order valence-electron chi connectivity index (χ2n) is 2.79. The lowest BCUT2D eigenvalue weighted by Crippen LogP contribution is -1.81. The minimum atomic E-state index is -0.597. The van der Waals surface area contributed by atoms with Crippen molar-refractivity contribution in [1.82, 2.24) is 0 Å². The van der Waals surface area contributed by atoms with Crippen LogP contribution in [0.1, 0.15) is 10.6 Å². The van der Waals surface area contributed by atoms with Crippen LogP contribution in [0.2, 0.25) is 0 Å². The van der Waals surface area contributed by atoms with Gasteiger partial charge < -0.3 is 9.15 Å². The summed E-state index contributed by atoms with van der Waals surface area (Å²) >= 11 is 5.28. The molecule has 0 saturated carbocycles. The molecular weight excluding hydrogens is 204 g/mol. The lowest BCUT2D eigenvalue weighted by atomic mass is 10.2. The van der Waals surface area contributed by atoms with Gasteiger partial charge in [0.2, 0.25) is 0 Å². The fourth-order valence-corrected chi connectivity index (χ4v) is 1.33. The van der Waals surface area contributed by atoms with Crippen LogP contribution in [0.5, 0.6) is 5.75 Å². The van der Waals surface area contributed by atoms with Crippen molar-refractivity contribution >= 4 is 27.8 Å². The van der Waals surface area contributed by atoms with Crippen molar-refractivity contribution in [2.45, 2.75) is 0 Å². The van der Waals surface area contributed by atoms with Crippen molar-refractivity contribution < 1.29 is 13.9 Å². The van der Waals surface area contributed by atoms with E-state index in [1.807, 2.05) is 0 Å². The number of benzene rings is 1. The van der Waals surface area contributed by atoms with Crippen molar-refractivity contribution in [3.8, 4) is 5.75 Å². The molecule has 0 amide bonds. The molecule has 14 heavy (non-hydrogen) atoms. The number of hydrogen-bond donors (Lipinski definition) is 0. The number of rotatable bonds is 2. The van der Waals surface area contributed by atoms with Gasteiger partial charge in [-0.3, -0.25) is 4.79 Å². The lowest BCUT2D eigenvalue weighted by Gasteiger charge is -1.96. The number of carbonyl (C=O) groups excluding carboxylic acids is 1. The summed E-state index contributed by atoms with van der Waals surface area (Å²) in [7, 11) is 1.57. The summed E-state index contributed by atoms with van der Waals surface area (Å²) < 4.78 is 10.2. The van der Waals surface area contributed by atoms with Gasteiger partial charge >= 0.3 is 0 Å². The van der Waals surface area contributed by atoms with Gasteiger partial charge in [0, 0.05) is 11.5 Å². The number of methoxy groups -OCH3 is 1. The van der Waals surface area contributed by atoms with Gasteiger partial charge in [-0.1, -0.05) is 0 Å². The Bertz CT molecular complexity index is 487. The molecule has 2 aromatic rings. The molecule has 0 radical (unpaired) electrons. The van der Waals surface area contributed by atoms with Gasteiger partial charge in [-0.2, -0.15) is 0 Å². The molecule has 0 saturated heterocycles. The highest BCUT2D eigenvalue weighted by Crippen LogP contribution is 2.24. The van der Waals surface area contributed by atoms with Crippen LogP contribution in [0.3, 0.4) is 0 Å². The standard InChI is InChI=1S/C10H7ClO3/c1-13-7-3-2-6-4-9(10(11)12)14-8(6)5-7/h2-5H,1H3. The average molecular weight is 211 g/mol. The first-order chi connectivity index (χ1) is 6.70. The van der Waals surface area contributed by atoms with Crippen LogP contribution in [-0.2, 0) is 0 Å². The summed E-state index contributed by atoms with van der Waals surface area (Å²) in [6.07, 6.45) is 0. The zero-order chi connectivity index (χ0) is 10.1. The molecule has 1 aromatic heterocycles. The van der Waals surface area contributed by atoms with Crippen LogP contribution in [0.4, 0.5) is 0 Å². The van der Waals surface area contributed by atoms with Gasteiger partial charge in [0.1, 0.15) is 11.3 Å².